The molecule has 1 heteroatoms. The van der Waals surface area contributed by atoms with Crippen molar-refractivity contribution in [2.75, 3.05) is 0 Å². The van der Waals surface area contributed by atoms with Crippen LogP contribution in [0.5, 0.6) is 0 Å². The predicted octanol–water partition coefficient (Wildman–Crippen LogP) is 1.79. The van der Waals surface area contributed by atoms with E-state index in [-0.39, 0.29) is 5.92 Å². The van der Waals surface area contributed by atoms with E-state index in [9.17, 15) is 4.79 Å². The molecule has 3 aliphatic rings. The third-order valence-electron chi connectivity index (χ3n) is 2.86. The van der Waals surface area contributed by atoms with Crippen molar-refractivity contribution in [1.82, 2.24) is 0 Å². The highest BCUT2D eigenvalue weighted by molar-refractivity contribution is 5.87. The monoisotopic (exact) mass is 136 g/mol. The van der Waals surface area contributed by atoms with Crippen LogP contribution in [0.1, 0.15) is 19.8 Å². The van der Waals surface area contributed by atoms with E-state index in [4.69, 9.17) is 0 Å². The summed E-state index contributed by atoms with van der Waals surface area (Å²) in [5, 5.41) is 0. The topological polar surface area (TPSA) is 17.1 Å². The maximum absolute atomic E-state index is 11.3. The summed E-state index contributed by atoms with van der Waals surface area (Å²) in [7, 11) is 0. The van der Waals surface area contributed by atoms with Crippen LogP contribution in [0.15, 0.2) is 12.2 Å². The molecule has 10 heavy (non-hydrogen) atoms. The molecule has 0 heterocycles. The number of carbonyl (C=O) groups is 1. The van der Waals surface area contributed by atoms with Gasteiger partial charge in [-0.3, -0.25) is 4.79 Å². The summed E-state index contributed by atoms with van der Waals surface area (Å²) >= 11 is 0. The molecular weight excluding hydrogens is 124 g/mol. The standard InChI is InChI=1S/C9H12O/c1-6-7-2-4-8(5-3-7)9(6)10/h2,4,6-8H,3,5H2,1H3/t6?,7-,8+/m1/s1. The van der Waals surface area contributed by atoms with E-state index >= 15 is 0 Å². The van der Waals surface area contributed by atoms with Gasteiger partial charge in [0.2, 0.25) is 0 Å². The van der Waals surface area contributed by atoms with Gasteiger partial charge >= 0.3 is 0 Å². The Morgan fingerprint density at radius 3 is 2.50 bits per heavy atom. The third-order valence-corrected chi connectivity index (χ3v) is 2.86. The lowest BCUT2D eigenvalue weighted by Crippen LogP contribution is -2.35. The Balaban J connectivity index is 2.33. The first-order valence-corrected chi connectivity index (χ1v) is 4.01. The number of hydrogen-bond donors (Lipinski definition) is 0. The molecule has 3 aliphatic carbocycles. The smallest absolute Gasteiger partial charge is 0.143 e. The van der Waals surface area contributed by atoms with E-state index in [1.807, 2.05) is 0 Å². The molecule has 0 aromatic carbocycles. The van der Waals surface area contributed by atoms with Crippen LogP contribution in [0.2, 0.25) is 0 Å². The minimum absolute atomic E-state index is 0.278. The zero-order valence-corrected chi connectivity index (χ0v) is 6.21. The Hall–Kier alpha value is -0.590. The van der Waals surface area contributed by atoms with E-state index in [1.165, 1.54) is 6.42 Å². The summed E-state index contributed by atoms with van der Waals surface area (Å²) in [5.74, 6) is 1.62. The Morgan fingerprint density at radius 1 is 1.40 bits per heavy atom. The number of allylic oxidation sites excluding steroid dienone is 2. The van der Waals surface area contributed by atoms with E-state index in [0.717, 1.165) is 6.42 Å². The van der Waals surface area contributed by atoms with Crippen molar-refractivity contribution < 1.29 is 4.79 Å². The van der Waals surface area contributed by atoms with Gasteiger partial charge in [-0.25, -0.2) is 0 Å². The van der Waals surface area contributed by atoms with Gasteiger partial charge in [0, 0.05) is 11.8 Å². The minimum Gasteiger partial charge on any atom is -0.299 e. The lowest BCUT2D eigenvalue weighted by atomic mass is 9.69. The molecule has 0 saturated heterocycles. The molecule has 3 atom stereocenters. The second-order valence-corrected chi connectivity index (χ2v) is 3.42. The average Bonchev–Trinajstić information content (AvgIpc) is 2.00. The van der Waals surface area contributed by atoms with Crippen molar-refractivity contribution in [3.8, 4) is 0 Å². The number of fused-ring (bicyclic) bond motifs is 2. The first-order valence-electron chi connectivity index (χ1n) is 4.01. The normalized spacial score (nSPS) is 44.5. The molecule has 1 fully saturated rings. The van der Waals surface area contributed by atoms with Crippen molar-refractivity contribution in [2.24, 2.45) is 17.8 Å². The predicted molar refractivity (Wildman–Crippen MR) is 39.5 cm³/mol. The van der Waals surface area contributed by atoms with Crippen molar-refractivity contribution in [3.05, 3.63) is 12.2 Å². The Bertz CT molecular complexity index is 193. The number of Topliss-reactive ketones (excluding diaryl/α,β-unsaturated/α-hetero) is 1. The van der Waals surface area contributed by atoms with Gasteiger partial charge in [-0.2, -0.15) is 0 Å². The van der Waals surface area contributed by atoms with Gasteiger partial charge in [-0.15, -0.1) is 0 Å². The zero-order chi connectivity index (χ0) is 7.14. The molecule has 0 aliphatic heterocycles. The number of hydrogen-bond acceptors (Lipinski definition) is 1. The number of carbonyl (C=O) groups excluding carboxylic acids is 1. The highest BCUT2D eigenvalue weighted by Gasteiger charge is 2.35. The Morgan fingerprint density at radius 2 is 2.20 bits per heavy atom. The van der Waals surface area contributed by atoms with E-state index in [2.05, 4.69) is 19.1 Å². The average molecular weight is 136 g/mol. The van der Waals surface area contributed by atoms with Crippen molar-refractivity contribution in [2.45, 2.75) is 19.8 Å². The van der Waals surface area contributed by atoms with Crippen molar-refractivity contribution in [3.63, 3.8) is 0 Å². The molecule has 0 aromatic heterocycles. The van der Waals surface area contributed by atoms with Gasteiger partial charge in [-0.1, -0.05) is 19.1 Å². The molecule has 1 unspecified atom stereocenters. The number of rotatable bonds is 0. The van der Waals surface area contributed by atoms with Crippen LogP contribution in [0, 0.1) is 17.8 Å². The van der Waals surface area contributed by atoms with Gasteiger partial charge in [0.25, 0.3) is 0 Å². The minimum atomic E-state index is 0.278. The van der Waals surface area contributed by atoms with Crippen molar-refractivity contribution in [1.29, 1.82) is 0 Å². The Kier molecular flexibility index (Phi) is 1.19. The summed E-state index contributed by atoms with van der Waals surface area (Å²) in [4.78, 5) is 11.3. The van der Waals surface area contributed by atoms with Crippen LogP contribution in [0.25, 0.3) is 0 Å². The molecule has 1 nitrogen and oxygen atoms in total. The summed E-state index contributed by atoms with van der Waals surface area (Å²) in [6.45, 7) is 2.06. The number of ketones is 1. The quantitative estimate of drug-likeness (QED) is 0.464. The third kappa shape index (κ3) is 0.664. The Labute approximate surface area is 61.1 Å². The first-order chi connectivity index (χ1) is 4.79. The van der Waals surface area contributed by atoms with Crippen LogP contribution in [-0.2, 0) is 4.79 Å². The van der Waals surface area contributed by atoms with Gasteiger partial charge in [-0.05, 0) is 18.8 Å². The van der Waals surface area contributed by atoms with Crippen molar-refractivity contribution >= 4 is 5.78 Å². The molecular formula is C9H12O. The summed E-state index contributed by atoms with van der Waals surface area (Å²) < 4.78 is 0. The molecule has 0 spiro atoms. The van der Waals surface area contributed by atoms with Crippen LogP contribution >= 0.6 is 0 Å². The van der Waals surface area contributed by atoms with E-state index < -0.39 is 0 Å². The van der Waals surface area contributed by atoms with Crippen LogP contribution in [0.4, 0.5) is 0 Å². The lowest BCUT2D eigenvalue weighted by molar-refractivity contribution is -0.129. The maximum atomic E-state index is 11.3. The molecule has 0 aromatic rings. The highest BCUT2D eigenvalue weighted by Crippen LogP contribution is 2.37. The second-order valence-electron chi connectivity index (χ2n) is 3.42. The summed E-state index contributed by atoms with van der Waals surface area (Å²) in [6.07, 6.45) is 6.65. The lowest BCUT2D eigenvalue weighted by Gasteiger charge is -2.34. The molecule has 2 bridgehead atoms. The van der Waals surface area contributed by atoms with E-state index in [1.54, 1.807) is 0 Å². The fourth-order valence-electron chi connectivity index (χ4n) is 2.04. The maximum Gasteiger partial charge on any atom is 0.143 e. The highest BCUT2D eigenvalue weighted by atomic mass is 16.1. The van der Waals surface area contributed by atoms with Crippen LogP contribution in [-0.4, -0.2) is 5.78 Å². The summed E-state index contributed by atoms with van der Waals surface area (Å²) in [6, 6.07) is 0. The van der Waals surface area contributed by atoms with Crippen LogP contribution in [0.3, 0.4) is 0 Å². The van der Waals surface area contributed by atoms with Gasteiger partial charge < -0.3 is 0 Å². The summed E-state index contributed by atoms with van der Waals surface area (Å²) in [5.41, 5.74) is 0. The molecule has 54 valence electrons. The molecule has 1 saturated carbocycles. The second kappa shape index (κ2) is 1.94. The fourth-order valence-corrected chi connectivity index (χ4v) is 2.04. The van der Waals surface area contributed by atoms with E-state index in [0.29, 0.717) is 17.6 Å². The molecule has 0 radical (unpaired) electrons. The SMILES string of the molecule is CC1C(=O)[C@H]2C=C[C@@H]1CC2. The molecule has 0 amide bonds. The van der Waals surface area contributed by atoms with Gasteiger partial charge in [0.15, 0.2) is 0 Å². The first kappa shape index (κ1) is 6.14. The van der Waals surface area contributed by atoms with Gasteiger partial charge in [0.05, 0.1) is 0 Å². The largest absolute Gasteiger partial charge is 0.299 e. The zero-order valence-electron chi connectivity index (χ0n) is 6.21. The van der Waals surface area contributed by atoms with Gasteiger partial charge in [0.1, 0.15) is 5.78 Å². The molecule has 3 rings (SSSR count). The molecule has 0 N–H and O–H groups in total. The van der Waals surface area contributed by atoms with Crippen LogP contribution < -0.4 is 0 Å². The fraction of sp³-hybridized carbons (Fsp3) is 0.667.